The Kier molecular flexibility index (Phi) is 4.97. The van der Waals surface area contributed by atoms with Crippen LogP contribution in [0.2, 0.25) is 5.02 Å². The maximum absolute atomic E-state index is 6.22. The van der Waals surface area contributed by atoms with Crippen molar-refractivity contribution in [3.05, 3.63) is 58.8 Å². The van der Waals surface area contributed by atoms with Crippen LogP contribution in [-0.2, 0) is 0 Å². The minimum Gasteiger partial charge on any atom is -0.246 e. The Morgan fingerprint density at radius 2 is 1.95 bits per heavy atom. The summed E-state index contributed by atoms with van der Waals surface area (Å²) < 4.78 is 0. The number of rotatable bonds is 1. The second-order valence-corrected chi connectivity index (χ2v) is 5.01. The number of halogens is 1. The normalized spacial score (nSPS) is 13.7. The highest BCUT2D eigenvalue weighted by Gasteiger charge is 2.09. The van der Waals surface area contributed by atoms with E-state index in [-0.39, 0.29) is 0 Å². The number of fused-ring (bicyclic) bond motifs is 1. The van der Waals surface area contributed by atoms with E-state index in [1.165, 1.54) is 11.1 Å². The Morgan fingerprint density at radius 1 is 1.15 bits per heavy atom. The Bertz CT molecular complexity index is 668. The van der Waals surface area contributed by atoms with Crippen LogP contribution in [0.25, 0.3) is 16.5 Å². The quantitative estimate of drug-likeness (QED) is 0.630. The Labute approximate surface area is 126 Å². The number of hydrogen-bond acceptors (Lipinski definition) is 1. The predicted molar refractivity (Wildman–Crippen MR) is 89.2 cm³/mol. The van der Waals surface area contributed by atoms with E-state index >= 15 is 0 Å². The first-order valence-corrected chi connectivity index (χ1v) is 7.56. The van der Waals surface area contributed by atoms with Gasteiger partial charge in [0, 0.05) is 5.39 Å². The Hall–Kier alpha value is -1.60. The first-order valence-electron chi connectivity index (χ1n) is 7.18. The number of para-hydroxylation sites is 1. The molecule has 0 atom stereocenters. The minimum atomic E-state index is 0.717. The van der Waals surface area contributed by atoms with E-state index in [1.807, 2.05) is 26.0 Å². The van der Waals surface area contributed by atoms with E-state index in [2.05, 4.69) is 37.3 Å². The first-order chi connectivity index (χ1) is 9.75. The Balaban J connectivity index is 0.000000704. The zero-order valence-corrected chi connectivity index (χ0v) is 13.0. The molecule has 20 heavy (non-hydrogen) atoms. The van der Waals surface area contributed by atoms with Gasteiger partial charge in [-0.3, -0.25) is 0 Å². The van der Waals surface area contributed by atoms with Gasteiger partial charge < -0.3 is 0 Å². The molecule has 1 aromatic carbocycles. The third-order valence-electron chi connectivity index (χ3n) is 3.26. The highest BCUT2D eigenvalue weighted by Crippen LogP contribution is 2.28. The van der Waals surface area contributed by atoms with Gasteiger partial charge in [0.2, 0.25) is 0 Å². The van der Waals surface area contributed by atoms with Gasteiger partial charge in [-0.1, -0.05) is 55.8 Å². The van der Waals surface area contributed by atoms with Crippen LogP contribution in [0.5, 0.6) is 0 Å². The lowest BCUT2D eigenvalue weighted by atomic mass is 9.99. The Morgan fingerprint density at radius 3 is 2.65 bits per heavy atom. The second kappa shape index (κ2) is 6.71. The molecule has 1 aromatic heterocycles. The van der Waals surface area contributed by atoms with Gasteiger partial charge in [-0.2, -0.15) is 0 Å². The van der Waals surface area contributed by atoms with Crippen LogP contribution >= 0.6 is 11.6 Å². The summed E-state index contributed by atoms with van der Waals surface area (Å²) in [6.45, 7) is 6.10. The molecule has 2 aromatic rings. The molecule has 104 valence electrons. The molecule has 0 saturated heterocycles. The van der Waals surface area contributed by atoms with E-state index < -0.39 is 0 Å². The van der Waals surface area contributed by atoms with Crippen molar-refractivity contribution < 1.29 is 0 Å². The average Bonchev–Trinajstić information content (AvgIpc) is 2.50. The van der Waals surface area contributed by atoms with Crippen molar-refractivity contribution >= 4 is 28.1 Å². The minimum absolute atomic E-state index is 0.717. The average molecular weight is 286 g/mol. The van der Waals surface area contributed by atoms with Gasteiger partial charge >= 0.3 is 0 Å². The van der Waals surface area contributed by atoms with Crippen LogP contribution in [0.3, 0.4) is 0 Å². The van der Waals surface area contributed by atoms with Gasteiger partial charge in [0.15, 0.2) is 0 Å². The molecule has 0 spiro atoms. The fraction of sp³-hybridized carbons (Fsp3) is 0.278. The van der Waals surface area contributed by atoms with E-state index in [4.69, 9.17) is 16.6 Å². The molecule has 0 amide bonds. The fourth-order valence-corrected chi connectivity index (χ4v) is 2.57. The van der Waals surface area contributed by atoms with Crippen molar-refractivity contribution in [2.75, 3.05) is 0 Å². The highest BCUT2D eigenvalue weighted by atomic mass is 35.5. The number of aromatic nitrogens is 1. The lowest BCUT2D eigenvalue weighted by Crippen LogP contribution is -1.95. The van der Waals surface area contributed by atoms with Crippen molar-refractivity contribution in [3.63, 3.8) is 0 Å². The summed E-state index contributed by atoms with van der Waals surface area (Å²) in [5.74, 6) is 0. The number of nitrogens with zero attached hydrogens (tertiary/aromatic N) is 1. The third kappa shape index (κ3) is 2.94. The first kappa shape index (κ1) is 14.8. The fourth-order valence-electron chi connectivity index (χ4n) is 2.35. The molecule has 0 unspecified atom stereocenters. The van der Waals surface area contributed by atoms with Gasteiger partial charge in [-0.25, -0.2) is 4.98 Å². The predicted octanol–water partition coefficient (Wildman–Crippen LogP) is 5.96. The smallest absolute Gasteiger partial charge is 0.0895 e. The van der Waals surface area contributed by atoms with Gasteiger partial charge in [0.05, 0.1) is 16.2 Å². The molecular formula is C18H20ClN. The molecule has 1 aliphatic carbocycles. The van der Waals surface area contributed by atoms with Crippen LogP contribution in [0.15, 0.2) is 42.5 Å². The number of aryl methyl sites for hydroxylation is 1. The molecule has 0 aliphatic heterocycles. The van der Waals surface area contributed by atoms with E-state index in [1.54, 1.807) is 0 Å². The highest BCUT2D eigenvalue weighted by molar-refractivity contribution is 6.35. The maximum atomic E-state index is 6.22. The number of allylic oxidation sites excluding steroid dienone is 4. The van der Waals surface area contributed by atoms with Gasteiger partial charge in [-0.05, 0) is 43.0 Å². The van der Waals surface area contributed by atoms with Crippen LogP contribution in [0.4, 0.5) is 0 Å². The van der Waals surface area contributed by atoms with Crippen molar-refractivity contribution in [2.45, 2.75) is 33.6 Å². The molecule has 0 saturated carbocycles. The van der Waals surface area contributed by atoms with Crippen LogP contribution in [-0.4, -0.2) is 4.98 Å². The second-order valence-electron chi connectivity index (χ2n) is 4.60. The zero-order valence-electron chi connectivity index (χ0n) is 12.3. The number of hydrogen-bond donors (Lipinski definition) is 0. The van der Waals surface area contributed by atoms with E-state index in [9.17, 15) is 0 Å². The van der Waals surface area contributed by atoms with Crippen molar-refractivity contribution in [2.24, 2.45) is 0 Å². The summed E-state index contributed by atoms with van der Waals surface area (Å²) in [5, 5.41) is 1.82. The van der Waals surface area contributed by atoms with Gasteiger partial charge in [0.1, 0.15) is 0 Å². The number of pyridine rings is 1. The van der Waals surface area contributed by atoms with Gasteiger partial charge in [-0.15, -0.1) is 0 Å². The molecule has 0 fully saturated rings. The molecular weight excluding hydrogens is 266 g/mol. The van der Waals surface area contributed by atoms with Crippen molar-refractivity contribution in [1.29, 1.82) is 0 Å². The standard InChI is InChI=1S/C16H14ClN.C2H6/c1-11-10-13-8-5-9-14(17)16(13)18-15(11)12-6-3-2-4-7-12;1-2/h3,5-10H,2,4H2,1H3;1-2H3. The monoisotopic (exact) mass is 285 g/mol. The van der Waals surface area contributed by atoms with Crippen molar-refractivity contribution in [1.82, 2.24) is 4.98 Å². The summed E-state index contributed by atoms with van der Waals surface area (Å²) in [7, 11) is 0. The molecule has 0 bridgehead atoms. The topological polar surface area (TPSA) is 12.9 Å². The lowest BCUT2D eigenvalue weighted by molar-refractivity contribution is 1.04. The lowest BCUT2D eigenvalue weighted by Gasteiger charge is -2.11. The van der Waals surface area contributed by atoms with E-state index in [0.29, 0.717) is 5.02 Å². The SMILES string of the molecule is CC.Cc1cc2cccc(Cl)c2nc1C1=CCCC=C1. The van der Waals surface area contributed by atoms with Crippen LogP contribution in [0.1, 0.15) is 37.9 Å². The summed E-state index contributed by atoms with van der Waals surface area (Å²) in [6.07, 6.45) is 8.82. The molecule has 1 aliphatic rings. The van der Waals surface area contributed by atoms with Gasteiger partial charge in [0.25, 0.3) is 0 Å². The molecule has 0 radical (unpaired) electrons. The third-order valence-corrected chi connectivity index (χ3v) is 3.56. The zero-order chi connectivity index (χ0) is 14.5. The number of benzene rings is 1. The molecule has 3 rings (SSSR count). The summed E-state index contributed by atoms with van der Waals surface area (Å²) >= 11 is 6.22. The molecule has 1 nitrogen and oxygen atoms in total. The van der Waals surface area contributed by atoms with Crippen molar-refractivity contribution in [3.8, 4) is 0 Å². The maximum Gasteiger partial charge on any atom is 0.0895 e. The molecule has 0 N–H and O–H groups in total. The van der Waals surface area contributed by atoms with Crippen LogP contribution < -0.4 is 0 Å². The molecule has 2 heteroatoms. The summed E-state index contributed by atoms with van der Waals surface area (Å²) in [6, 6.07) is 8.06. The largest absolute Gasteiger partial charge is 0.246 e. The van der Waals surface area contributed by atoms with Crippen LogP contribution in [0, 0.1) is 6.92 Å². The summed E-state index contributed by atoms with van der Waals surface area (Å²) in [5.41, 5.74) is 4.34. The molecule has 1 heterocycles. The summed E-state index contributed by atoms with van der Waals surface area (Å²) in [4.78, 5) is 4.75. The van der Waals surface area contributed by atoms with E-state index in [0.717, 1.165) is 29.4 Å².